The Morgan fingerprint density at radius 1 is 1.35 bits per heavy atom. The van der Waals surface area contributed by atoms with Crippen molar-refractivity contribution in [3.63, 3.8) is 0 Å². The number of aromatic amines is 1. The topological polar surface area (TPSA) is 69.1 Å². The molecule has 0 amide bonds. The van der Waals surface area contributed by atoms with Crippen molar-refractivity contribution in [2.75, 3.05) is 0 Å². The summed E-state index contributed by atoms with van der Waals surface area (Å²) in [6.07, 6.45) is 1.96. The number of aromatic nitrogens is 2. The van der Waals surface area contributed by atoms with Crippen molar-refractivity contribution in [1.29, 1.82) is 0 Å². The molecule has 1 heterocycles. The smallest absolute Gasteiger partial charge is 0.137 e. The summed E-state index contributed by atoms with van der Waals surface area (Å²) in [6.45, 7) is 0. The SMILES string of the molecule is Oc1cccc(-c2nc3c([nH]2)CC(O)CC3)c1. The van der Waals surface area contributed by atoms with Crippen LogP contribution in [0.4, 0.5) is 0 Å². The number of benzene rings is 1. The maximum Gasteiger partial charge on any atom is 0.137 e. The zero-order valence-electron chi connectivity index (χ0n) is 9.35. The number of H-pyrrole nitrogens is 1. The second-order valence-electron chi connectivity index (χ2n) is 4.46. The van der Waals surface area contributed by atoms with E-state index in [1.165, 1.54) is 0 Å². The number of nitrogens with zero attached hydrogens (tertiary/aromatic N) is 1. The van der Waals surface area contributed by atoms with Gasteiger partial charge in [-0.15, -0.1) is 0 Å². The van der Waals surface area contributed by atoms with Gasteiger partial charge in [0.25, 0.3) is 0 Å². The number of hydrogen-bond donors (Lipinski definition) is 3. The molecule has 1 atom stereocenters. The average molecular weight is 230 g/mol. The van der Waals surface area contributed by atoms with Crippen LogP contribution in [0.25, 0.3) is 11.4 Å². The molecule has 1 unspecified atom stereocenters. The number of fused-ring (bicyclic) bond motifs is 1. The predicted octanol–water partition coefficient (Wildman–Crippen LogP) is 1.63. The zero-order chi connectivity index (χ0) is 11.8. The minimum atomic E-state index is -0.264. The molecule has 3 rings (SSSR count). The summed E-state index contributed by atoms with van der Waals surface area (Å²) >= 11 is 0. The Bertz CT molecular complexity index is 548. The lowest BCUT2D eigenvalue weighted by Gasteiger charge is -2.14. The van der Waals surface area contributed by atoms with Gasteiger partial charge in [-0.25, -0.2) is 4.98 Å². The van der Waals surface area contributed by atoms with Gasteiger partial charge in [0.1, 0.15) is 11.6 Å². The Labute approximate surface area is 99.0 Å². The number of aliphatic hydroxyl groups excluding tert-OH is 1. The molecule has 0 spiro atoms. The standard InChI is InChI=1S/C13H14N2O2/c16-9-3-1-2-8(6-9)13-14-11-5-4-10(17)7-12(11)15-13/h1-3,6,10,16-17H,4-5,7H2,(H,14,15). The van der Waals surface area contributed by atoms with Crippen LogP contribution in [0.1, 0.15) is 17.8 Å². The van der Waals surface area contributed by atoms with Crippen molar-refractivity contribution in [3.8, 4) is 17.1 Å². The number of aryl methyl sites for hydroxylation is 1. The van der Waals surface area contributed by atoms with Gasteiger partial charge >= 0.3 is 0 Å². The number of hydrogen-bond acceptors (Lipinski definition) is 3. The molecule has 17 heavy (non-hydrogen) atoms. The van der Waals surface area contributed by atoms with Crippen LogP contribution in [-0.4, -0.2) is 26.3 Å². The van der Waals surface area contributed by atoms with E-state index in [1.54, 1.807) is 18.2 Å². The highest BCUT2D eigenvalue weighted by atomic mass is 16.3. The third-order valence-corrected chi connectivity index (χ3v) is 3.14. The molecule has 0 bridgehead atoms. The average Bonchev–Trinajstić information content (AvgIpc) is 2.72. The van der Waals surface area contributed by atoms with E-state index in [0.717, 1.165) is 35.6 Å². The molecular weight excluding hydrogens is 216 g/mol. The van der Waals surface area contributed by atoms with Gasteiger partial charge < -0.3 is 15.2 Å². The first kappa shape index (κ1) is 10.4. The summed E-state index contributed by atoms with van der Waals surface area (Å²) in [6, 6.07) is 7.01. The molecule has 1 aromatic heterocycles. The fourth-order valence-electron chi connectivity index (χ4n) is 2.25. The molecular formula is C13H14N2O2. The lowest BCUT2D eigenvalue weighted by atomic mass is 9.99. The number of aromatic hydroxyl groups is 1. The number of nitrogens with one attached hydrogen (secondary N) is 1. The van der Waals surface area contributed by atoms with Crippen LogP contribution in [0.5, 0.6) is 5.75 Å². The Hall–Kier alpha value is -1.81. The Morgan fingerprint density at radius 3 is 3.06 bits per heavy atom. The number of aliphatic hydroxyl groups is 1. The van der Waals surface area contributed by atoms with E-state index in [0.29, 0.717) is 6.42 Å². The van der Waals surface area contributed by atoms with Gasteiger partial charge in [-0.3, -0.25) is 0 Å². The number of phenolic OH excluding ortho intramolecular Hbond substituents is 1. The second-order valence-corrected chi connectivity index (χ2v) is 4.46. The molecule has 0 saturated carbocycles. The summed E-state index contributed by atoms with van der Waals surface area (Å²) < 4.78 is 0. The fourth-order valence-corrected chi connectivity index (χ4v) is 2.25. The van der Waals surface area contributed by atoms with E-state index in [-0.39, 0.29) is 11.9 Å². The first-order valence-corrected chi connectivity index (χ1v) is 5.77. The van der Waals surface area contributed by atoms with Crippen LogP contribution in [0.2, 0.25) is 0 Å². The summed E-state index contributed by atoms with van der Waals surface area (Å²) in [5, 5.41) is 19.0. The van der Waals surface area contributed by atoms with Gasteiger partial charge in [0.2, 0.25) is 0 Å². The molecule has 3 N–H and O–H groups in total. The Kier molecular flexibility index (Phi) is 2.37. The van der Waals surface area contributed by atoms with Gasteiger partial charge in [-0.05, 0) is 25.0 Å². The monoisotopic (exact) mass is 230 g/mol. The molecule has 88 valence electrons. The van der Waals surface area contributed by atoms with Crippen LogP contribution in [-0.2, 0) is 12.8 Å². The van der Waals surface area contributed by atoms with Gasteiger partial charge in [0.05, 0.1) is 11.8 Å². The normalized spacial score (nSPS) is 19.0. The van der Waals surface area contributed by atoms with Gasteiger partial charge in [-0.1, -0.05) is 12.1 Å². The number of rotatable bonds is 1. The van der Waals surface area contributed by atoms with E-state index in [9.17, 15) is 10.2 Å². The maximum atomic E-state index is 9.59. The van der Waals surface area contributed by atoms with Crippen LogP contribution < -0.4 is 0 Å². The van der Waals surface area contributed by atoms with E-state index in [1.807, 2.05) is 6.07 Å². The maximum absolute atomic E-state index is 9.59. The summed E-state index contributed by atoms with van der Waals surface area (Å²) in [4.78, 5) is 7.74. The molecule has 0 aliphatic heterocycles. The molecule has 2 aromatic rings. The molecule has 1 aromatic carbocycles. The summed E-state index contributed by atoms with van der Waals surface area (Å²) in [5.41, 5.74) is 2.92. The molecule has 0 radical (unpaired) electrons. The number of imidazole rings is 1. The highest BCUT2D eigenvalue weighted by molar-refractivity contribution is 5.58. The Morgan fingerprint density at radius 2 is 2.24 bits per heavy atom. The predicted molar refractivity (Wildman–Crippen MR) is 63.7 cm³/mol. The van der Waals surface area contributed by atoms with Gasteiger partial charge in [0.15, 0.2) is 0 Å². The first-order chi connectivity index (χ1) is 8.22. The van der Waals surface area contributed by atoms with Crippen molar-refractivity contribution in [1.82, 2.24) is 9.97 Å². The minimum Gasteiger partial charge on any atom is -0.508 e. The van der Waals surface area contributed by atoms with Gasteiger partial charge in [0, 0.05) is 17.7 Å². The van der Waals surface area contributed by atoms with Crippen molar-refractivity contribution in [2.45, 2.75) is 25.4 Å². The zero-order valence-corrected chi connectivity index (χ0v) is 9.35. The first-order valence-electron chi connectivity index (χ1n) is 5.77. The van der Waals surface area contributed by atoms with Crippen molar-refractivity contribution < 1.29 is 10.2 Å². The largest absolute Gasteiger partial charge is 0.508 e. The minimum absolute atomic E-state index is 0.233. The molecule has 4 heteroatoms. The molecule has 4 nitrogen and oxygen atoms in total. The second kappa shape index (κ2) is 3.89. The highest BCUT2D eigenvalue weighted by Crippen LogP contribution is 2.25. The van der Waals surface area contributed by atoms with E-state index in [2.05, 4.69) is 9.97 Å². The van der Waals surface area contributed by atoms with E-state index >= 15 is 0 Å². The van der Waals surface area contributed by atoms with Crippen molar-refractivity contribution >= 4 is 0 Å². The lowest BCUT2D eigenvalue weighted by molar-refractivity contribution is 0.157. The number of phenols is 1. The molecule has 0 saturated heterocycles. The van der Waals surface area contributed by atoms with Crippen LogP contribution in [0.15, 0.2) is 24.3 Å². The lowest BCUT2D eigenvalue weighted by Crippen LogP contribution is -2.18. The quantitative estimate of drug-likeness (QED) is 0.697. The van der Waals surface area contributed by atoms with Gasteiger partial charge in [-0.2, -0.15) is 0 Å². The van der Waals surface area contributed by atoms with E-state index in [4.69, 9.17) is 0 Å². The van der Waals surface area contributed by atoms with Crippen molar-refractivity contribution in [2.24, 2.45) is 0 Å². The van der Waals surface area contributed by atoms with Crippen LogP contribution in [0, 0.1) is 0 Å². The summed E-state index contributed by atoms with van der Waals surface area (Å²) in [5.74, 6) is 0.997. The van der Waals surface area contributed by atoms with Crippen LogP contribution in [0.3, 0.4) is 0 Å². The Balaban J connectivity index is 2.00. The van der Waals surface area contributed by atoms with Crippen LogP contribution >= 0.6 is 0 Å². The van der Waals surface area contributed by atoms with Crippen molar-refractivity contribution in [3.05, 3.63) is 35.7 Å². The molecule has 1 aliphatic carbocycles. The summed E-state index contributed by atoms with van der Waals surface area (Å²) in [7, 11) is 0. The fraction of sp³-hybridized carbons (Fsp3) is 0.308. The molecule has 1 aliphatic rings. The third kappa shape index (κ3) is 1.91. The third-order valence-electron chi connectivity index (χ3n) is 3.14. The highest BCUT2D eigenvalue weighted by Gasteiger charge is 2.20. The molecule has 0 fully saturated rings. The van der Waals surface area contributed by atoms with E-state index < -0.39 is 0 Å².